The van der Waals surface area contributed by atoms with Crippen LogP contribution < -0.4 is 10.5 Å². The maximum absolute atomic E-state index is 12.0. The molecule has 0 aromatic heterocycles. The normalized spacial score (nSPS) is 12.2. The molecule has 0 amide bonds. The maximum Gasteiger partial charge on any atom is 0.328 e. The maximum atomic E-state index is 12.0. The molecule has 1 atom stereocenters. The minimum absolute atomic E-state index is 0.0476. The monoisotopic (exact) mass is 269 g/mol. The lowest BCUT2D eigenvalue weighted by atomic mass is 10.0. The number of hydrogen-bond acceptors (Lipinski definition) is 3. The van der Waals surface area contributed by atoms with Crippen molar-refractivity contribution in [1.82, 2.24) is 0 Å². The molecule has 0 aliphatic heterocycles. The summed E-state index contributed by atoms with van der Waals surface area (Å²) in [6, 6.07) is 16.7. The van der Waals surface area contributed by atoms with E-state index in [1.807, 2.05) is 62.4 Å². The molecule has 0 fully saturated rings. The number of carbonyl (C=O) groups excluding carboxylic acids is 1. The Labute approximate surface area is 119 Å². The average Bonchev–Trinajstić information content (AvgIpc) is 2.47. The molecule has 2 aromatic carbocycles. The molecule has 0 saturated heterocycles. The molecule has 0 aliphatic rings. The van der Waals surface area contributed by atoms with Crippen molar-refractivity contribution in [3.8, 4) is 16.9 Å². The van der Waals surface area contributed by atoms with E-state index in [4.69, 9.17) is 10.5 Å². The molecule has 0 saturated carbocycles. The molecular formula is C17H19NO2. The minimum atomic E-state index is -0.612. The highest BCUT2D eigenvalue weighted by Crippen LogP contribution is 2.29. The lowest BCUT2D eigenvalue weighted by molar-refractivity contribution is -0.136. The van der Waals surface area contributed by atoms with Crippen LogP contribution in [-0.2, 0) is 4.79 Å². The summed E-state index contributed by atoms with van der Waals surface area (Å²) in [7, 11) is 0. The van der Waals surface area contributed by atoms with E-state index in [2.05, 4.69) is 0 Å². The van der Waals surface area contributed by atoms with E-state index in [1.54, 1.807) is 6.07 Å². The van der Waals surface area contributed by atoms with Crippen molar-refractivity contribution in [3.63, 3.8) is 0 Å². The highest BCUT2D eigenvalue weighted by Gasteiger charge is 2.20. The van der Waals surface area contributed by atoms with Gasteiger partial charge in [0.25, 0.3) is 0 Å². The van der Waals surface area contributed by atoms with Gasteiger partial charge in [-0.25, -0.2) is 4.79 Å². The van der Waals surface area contributed by atoms with E-state index in [-0.39, 0.29) is 5.92 Å². The van der Waals surface area contributed by atoms with Gasteiger partial charge in [0.1, 0.15) is 11.8 Å². The molecule has 2 N–H and O–H groups in total. The van der Waals surface area contributed by atoms with Crippen molar-refractivity contribution in [2.45, 2.75) is 19.9 Å². The third-order valence-electron chi connectivity index (χ3n) is 3.17. The first-order valence-corrected chi connectivity index (χ1v) is 6.71. The topological polar surface area (TPSA) is 52.3 Å². The van der Waals surface area contributed by atoms with Crippen molar-refractivity contribution in [2.24, 2.45) is 11.7 Å². The number of rotatable bonds is 4. The highest BCUT2D eigenvalue weighted by molar-refractivity contribution is 5.81. The van der Waals surface area contributed by atoms with E-state index in [0.717, 1.165) is 11.1 Å². The van der Waals surface area contributed by atoms with Crippen LogP contribution in [0.1, 0.15) is 13.8 Å². The lowest BCUT2D eigenvalue weighted by Crippen LogP contribution is -2.38. The van der Waals surface area contributed by atoms with Gasteiger partial charge < -0.3 is 10.5 Å². The zero-order valence-electron chi connectivity index (χ0n) is 11.7. The second-order valence-corrected chi connectivity index (χ2v) is 5.05. The van der Waals surface area contributed by atoms with Crippen molar-refractivity contribution >= 4 is 5.97 Å². The van der Waals surface area contributed by atoms with Crippen LogP contribution in [-0.4, -0.2) is 12.0 Å². The van der Waals surface area contributed by atoms with Gasteiger partial charge in [0.05, 0.1) is 0 Å². The predicted molar refractivity (Wildman–Crippen MR) is 80.3 cm³/mol. The van der Waals surface area contributed by atoms with Gasteiger partial charge in [0.2, 0.25) is 0 Å². The third-order valence-corrected chi connectivity index (χ3v) is 3.17. The van der Waals surface area contributed by atoms with Crippen LogP contribution in [0.4, 0.5) is 0 Å². The minimum Gasteiger partial charge on any atom is -0.425 e. The molecule has 1 unspecified atom stereocenters. The van der Waals surface area contributed by atoms with Gasteiger partial charge in [-0.1, -0.05) is 62.4 Å². The van der Waals surface area contributed by atoms with Gasteiger partial charge in [0.15, 0.2) is 0 Å². The first-order valence-electron chi connectivity index (χ1n) is 6.71. The molecule has 2 aromatic rings. The molecule has 0 bridgehead atoms. The number of para-hydroxylation sites is 1. The lowest BCUT2D eigenvalue weighted by Gasteiger charge is -2.16. The first kappa shape index (κ1) is 14.3. The van der Waals surface area contributed by atoms with Gasteiger partial charge in [-0.3, -0.25) is 0 Å². The fourth-order valence-corrected chi connectivity index (χ4v) is 1.86. The quantitative estimate of drug-likeness (QED) is 0.684. The molecule has 2 rings (SSSR count). The van der Waals surface area contributed by atoms with Crippen molar-refractivity contribution < 1.29 is 9.53 Å². The van der Waals surface area contributed by atoms with Crippen LogP contribution in [0.3, 0.4) is 0 Å². The highest BCUT2D eigenvalue weighted by atomic mass is 16.5. The summed E-state index contributed by atoms with van der Waals surface area (Å²) in [5, 5.41) is 0. The second-order valence-electron chi connectivity index (χ2n) is 5.05. The van der Waals surface area contributed by atoms with Crippen LogP contribution in [0.5, 0.6) is 5.75 Å². The van der Waals surface area contributed by atoms with E-state index >= 15 is 0 Å². The van der Waals surface area contributed by atoms with Crippen molar-refractivity contribution in [3.05, 3.63) is 54.6 Å². The Bertz CT molecular complexity index is 579. The van der Waals surface area contributed by atoms with Crippen LogP contribution in [0.15, 0.2) is 54.6 Å². The summed E-state index contributed by atoms with van der Waals surface area (Å²) in [4.78, 5) is 12.0. The molecule has 0 aliphatic carbocycles. The number of hydrogen-bond donors (Lipinski definition) is 1. The number of nitrogens with two attached hydrogens (primary N) is 1. The van der Waals surface area contributed by atoms with Crippen molar-refractivity contribution in [1.29, 1.82) is 0 Å². The van der Waals surface area contributed by atoms with E-state index in [9.17, 15) is 4.79 Å². The molecule has 0 heterocycles. The summed E-state index contributed by atoms with van der Waals surface area (Å²) in [5.41, 5.74) is 7.72. The van der Waals surface area contributed by atoms with Gasteiger partial charge >= 0.3 is 5.97 Å². The first-order chi connectivity index (χ1) is 9.59. The zero-order valence-corrected chi connectivity index (χ0v) is 11.7. The molecule has 20 heavy (non-hydrogen) atoms. The largest absolute Gasteiger partial charge is 0.425 e. The molecule has 0 radical (unpaired) electrons. The molecule has 3 nitrogen and oxygen atoms in total. The Morgan fingerprint density at radius 2 is 1.60 bits per heavy atom. The Morgan fingerprint density at radius 1 is 1.00 bits per heavy atom. The van der Waals surface area contributed by atoms with Crippen LogP contribution in [0, 0.1) is 5.92 Å². The third kappa shape index (κ3) is 3.25. The summed E-state index contributed by atoms with van der Waals surface area (Å²) >= 11 is 0. The Hall–Kier alpha value is -2.13. The SMILES string of the molecule is CC(C)C(N)C(=O)Oc1ccccc1-c1ccccc1. The van der Waals surface area contributed by atoms with Crippen molar-refractivity contribution in [2.75, 3.05) is 0 Å². The molecule has 104 valence electrons. The standard InChI is InChI=1S/C17H19NO2/c1-12(2)16(18)17(19)20-15-11-7-6-10-14(15)13-8-4-3-5-9-13/h3-12,16H,18H2,1-2H3. The molecule has 0 spiro atoms. The second kappa shape index (κ2) is 6.35. The summed E-state index contributed by atoms with van der Waals surface area (Å²) in [6.45, 7) is 3.80. The fraction of sp³-hybridized carbons (Fsp3) is 0.235. The van der Waals surface area contributed by atoms with Crippen LogP contribution in [0.25, 0.3) is 11.1 Å². The summed E-state index contributed by atoms with van der Waals surface area (Å²) < 4.78 is 5.46. The zero-order chi connectivity index (χ0) is 14.5. The van der Waals surface area contributed by atoms with E-state index < -0.39 is 12.0 Å². The smallest absolute Gasteiger partial charge is 0.328 e. The summed E-state index contributed by atoms with van der Waals surface area (Å²) in [6.07, 6.45) is 0. The Morgan fingerprint density at radius 3 is 2.25 bits per heavy atom. The predicted octanol–water partition coefficient (Wildman–Crippen LogP) is 3.24. The number of benzene rings is 2. The van der Waals surface area contributed by atoms with E-state index in [1.165, 1.54) is 0 Å². The van der Waals surface area contributed by atoms with Gasteiger partial charge in [-0.2, -0.15) is 0 Å². The number of ether oxygens (including phenoxy) is 1. The van der Waals surface area contributed by atoms with Crippen LogP contribution >= 0.6 is 0 Å². The number of carbonyl (C=O) groups is 1. The summed E-state index contributed by atoms with van der Waals surface area (Å²) in [5.74, 6) is 0.189. The molecule has 3 heteroatoms. The number of esters is 1. The van der Waals surface area contributed by atoms with E-state index in [0.29, 0.717) is 5.75 Å². The Kier molecular flexibility index (Phi) is 4.53. The van der Waals surface area contributed by atoms with Gasteiger partial charge in [-0.15, -0.1) is 0 Å². The van der Waals surface area contributed by atoms with Crippen LogP contribution in [0.2, 0.25) is 0 Å². The van der Waals surface area contributed by atoms with Gasteiger partial charge in [0, 0.05) is 5.56 Å². The average molecular weight is 269 g/mol. The Balaban J connectivity index is 2.28. The molecular weight excluding hydrogens is 250 g/mol. The van der Waals surface area contributed by atoms with Gasteiger partial charge in [-0.05, 0) is 17.5 Å². The fourth-order valence-electron chi connectivity index (χ4n) is 1.86.